The van der Waals surface area contributed by atoms with Crippen molar-refractivity contribution < 1.29 is 14.3 Å². The Hall–Kier alpha value is -2.92. The third-order valence-corrected chi connectivity index (χ3v) is 5.98. The average molecular weight is 449 g/mol. The van der Waals surface area contributed by atoms with Gasteiger partial charge in [-0.3, -0.25) is 14.5 Å². The van der Waals surface area contributed by atoms with E-state index in [0.29, 0.717) is 43.4 Å². The summed E-state index contributed by atoms with van der Waals surface area (Å²) >= 11 is 0. The second kappa shape index (κ2) is 11.3. The van der Waals surface area contributed by atoms with Gasteiger partial charge in [0, 0.05) is 25.4 Å². The van der Waals surface area contributed by atoms with Crippen molar-refractivity contribution in [2.45, 2.75) is 59.8 Å². The van der Waals surface area contributed by atoms with Gasteiger partial charge >= 0.3 is 0 Å². The number of hydrogen-bond donors (Lipinski definition) is 1. The second-order valence-electron chi connectivity index (χ2n) is 9.05. The molecule has 1 N–H and O–H groups in total. The van der Waals surface area contributed by atoms with E-state index < -0.39 is 0 Å². The van der Waals surface area contributed by atoms with Gasteiger partial charge in [0.05, 0.1) is 5.57 Å². The van der Waals surface area contributed by atoms with E-state index >= 15 is 0 Å². The molecule has 2 aromatic rings. The van der Waals surface area contributed by atoms with Gasteiger partial charge < -0.3 is 10.1 Å². The Bertz CT molecular complexity index is 1020. The highest BCUT2D eigenvalue weighted by atomic mass is 16.5. The number of carbonyl (C=O) groups excluding carboxylic acids is 2. The second-order valence-corrected chi connectivity index (χ2v) is 9.05. The molecule has 1 aliphatic rings. The quantitative estimate of drug-likeness (QED) is 0.347. The van der Waals surface area contributed by atoms with Crippen molar-refractivity contribution in [1.82, 2.24) is 4.90 Å². The molecule has 0 aliphatic carbocycles. The lowest BCUT2D eigenvalue weighted by molar-refractivity contribution is -0.137. The Labute approximate surface area is 197 Å². The van der Waals surface area contributed by atoms with Crippen molar-refractivity contribution in [2.24, 2.45) is 0 Å². The number of hydrogen-bond acceptors (Lipinski definition) is 4. The molecule has 0 aromatic heterocycles. The predicted molar refractivity (Wildman–Crippen MR) is 134 cm³/mol. The van der Waals surface area contributed by atoms with Crippen LogP contribution >= 0.6 is 0 Å². The summed E-state index contributed by atoms with van der Waals surface area (Å²) in [5, 5.41) is 3.26. The summed E-state index contributed by atoms with van der Waals surface area (Å²) in [6.07, 6.45) is 2.72. The Morgan fingerprint density at radius 2 is 1.64 bits per heavy atom. The van der Waals surface area contributed by atoms with Crippen LogP contribution in [0.2, 0.25) is 0 Å². The molecule has 176 valence electrons. The van der Waals surface area contributed by atoms with Gasteiger partial charge in [0.25, 0.3) is 11.8 Å². The molecule has 0 saturated heterocycles. The van der Waals surface area contributed by atoms with E-state index in [1.165, 1.54) is 10.5 Å². The van der Waals surface area contributed by atoms with E-state index in [-0.39, 0.29) is 11.8 Å². The van der Waals surface area contributed by atoms with Crippen LogP contribution in [0.5, 0.6) is 0 Å². The summed E-state index contributed by atoms with van der Waals surface area (Å²) in [6, 6.07) is 14.0. The predicted octanol–water partition coefficient (Wildman–Crippen LogP) is 5.83. The highest BCUT2D eigenvalue weighted by molar-refractivity contribution is 6.36. The largest absolute Gasteiger partial charge is 0.381 e. The van der Waals surface area contributed by atoms with Gasteiger partial charge in [-0.1, -0.05) is 63.1 Å². The Kier molecular flexibility index (Phi) is 8.45. The molecule has 2 aromatic carbocycles. The third kappa shape index (κ3) is 5.91. The summed E-state index contributed by atoms with van der Waals surface area (Å²) in [6.45, 7) is 12.0. The van der Waals surface area contributed by atoms with Gasteiger partial charge in [0.2, 0.25) is 0 Å². The van der Waals surface area contributed by atoms with Gasteiger partial charge in [0.1, 0.15) is 5.70 Å². The zero-order valence-electron chi connectivity index (χ0n) is 20.5. The number of benzene rings is 2. The van der Waals surface area contributed by atoms with Crippen LogP contribution in [0.15, 0.2) is 48.2 Å². The first kappa shape index (κ1) is 24.7. The Balaban J connectivity index is 1.87. The molecule has 5 heteroatoms. The number of aryl methyl sites for hydroxylation is 2. The molecule has 0 bridgehead atoms. The van der Waals surface area contributed by atoms with E-state index in [0.717, 1.165) is 35.2 Å². The van der Waals surface area contributed by atoms with Crippen LogP contribution in [0.1, 0.15) is 68.2 Å². The SMILES string of the molecule is CCCCOCCCN1C(=O)C(Nc2ccc(C(C)C)cc2)=C(c2ccc(C)cc2C)C1=O. The molecule has 0 atom stereocenters. The Morgan fingerprint density at radius 3 is 2.27 bits per heavy atom. The summed E-state index contributed by atoms with van der Waals surface area (Å²) in [7, 11) is 0. The van der Waals surface area contributed by atoms with E-state index in [9.17, 15) is 9.59 Å². The maximum absolute atomic E-state index is 13.4. The molecule has 0 saturated carbocycles. The number of carbonyl (C=O) groups is 2. The standard InChI is InChI=1S/C28H36N2O3/c1-6-7-16-33-17-8-15-30-27(31)25(24-14-9-20(4)18-21(24)5)26(28(30)32)29-23-12-10-22(11-13-23)19(2)3/h9-14,18-19,29H,6-8,15-17H2,1-5H3. The van der Waals surface area contributed by atoms with Crippen molar-refractivity contribution in [3.05, 3.63) is 70.4 Å². The number of anilines is 1. The number of ether oxygens (including phenoxy) is 1. The first-order chi connectivity index (χ1) is 15.8. The van der Waals surface area contributed by atoms with Crippen LogP contribution in [-0.2, 0) is 14.3 Å². The summed E-state index contributed by atoms with van der Waals surface area (Å²) in [5.41, 5.74) is 5.69. The van der Waals surface area contributed by atoms with Gasteiger partial charge in [-0.15, -0.1) is 0 Å². The minimum atomic E-state index is -0.281. The van der Waals surface area contributed by atoms with Crippen molar-refractivity contribution in [3.8, 4) is 0 Å². The summed E-state index contributed by atoms with van der Waals surface area (Å²) in [5.74, 6) is -0.105. The minimum absolute atomic E-state index is 0.248. The van der Waals surface area contributed by atoms with Crippen molar-refractivity contribution >= 4 is 23.1 Å². The summed E-state index contributed by atoms with van der Waals surface area (Å²) in [4.78, 5) is 28.1. The summed E-state index contributed by atoms with van der Waals surface area (Å²) < 4.78 is 5.62. The highest BCUT2D eigenvalue weighted by Gasteiger charge is 2.39. The molecule has 1 heterocycles. The molecule has 33 heavy (non-hydrogen) atoms. The molecule has 0 spiro atoms. The maximum Gasteiger partial charge on any atom is 0.278 e. The lowest BCUT2D eigenvalue weighted by atomic mass is 9.97. The molecule has 2 amide bonds. The Morgan fingerprint density at radius 1 is 0.939 bits per heavy atom. The smallest absolute Gasteiger partial charge is 0.278 e. The van der Waals surface area contributed by atoms with Crippen LogP contribution in [0.4, 0.5) is 5.69 Å². The van der Waals surface area contributed by atoms with Gasteiger partial charge in [-0.05, 0) is 61.4 Å². The molecule has 0 fully saturated rings. The van der Waals surface area contributed by atoms with Crippen molar-refractivity contribution in [2.75, 3.05) is 25.1 Å². The molecule has 3 rings (SSSR count). The molecular weight excluding hydrogens is 412 g/mol. The van der Waals surface area contributed by atoms with Gasteiger partial charge in [-0.25, -0.2) is 0 Å². The van der Waals surface area contributed by atoms with Crippen molar-refractivity contribution in [3.63, 3.8) is 0 Å². The first-order valence-electron chi connectivity index (χ1n) is 12.0. The van der Waals surface area contributed by atoms with Gasteiger partial charge in [0.15, 0.2) is 0 Å². The lowest BCUT2D eigenvalue weighted by Crippen LogP contribution is -2.34. The third-order valence-electron chi connectivity index (χ3n) is 5.98. The van der Waals surface area contributed by atoms with E-state index in [2.05, 4.69) is 38.2 Å². The normalized spacial score (nSPS) is 14.1. The van der Waals surface area contributed by atoms with Crippen molar-refractivity contribution in [1.29, 1.82) is 0 Å². The first-order valence-corrected chi connectivity index (χ1v) is 12.0. The van der Waals surface area contributed by atoms with Crippen LogP contribution < -0.4 is 5.32 Å². The number of rotatable bonds is 11. The van der Waals surface area contributed by atoms with E-state index in [1.807, 2.05) is 44.2 Å². The lowest BCUT2D eigenvalue weighted by Gasteiger charge is -2.15. The van der Waals surface area contributed by atoms with E-state index in [4.69, 9.17) is 4.74 Å². The fraction of sp³-hybridized carbons (Fsp3) is 0.429. The zero-order chi connectivity index (χ0) is 24.0. The maximum atomic E-state index is 13.4. The fourth-order valence-electron chi connectivity index (χ4n) is 4.01. The molecular formula is C28H36N2O3. The number of nitrogens with zero attached hydrogens (tertiary/aromatic N) is 1. The number of imide groups is 1. The fourth-order valence-corrected chi connectivity index (χ4v) is 4.01. The molecule has 0 unspecified atom stereocenters. The topological polar surface area (TPSA) is 58.6 Å². The minimum Gasteiger partial charge on any atom is -0.381 e. The van der Waals surface area contributed by atoms with Crippen LogP contribution in [0.3, 0.4) is 0 Å². The molecule has 5 nitrogen and oxygen atoms in total. The highest BCUT2D eigenvalue weighted by Crippen LogP contribution is 2.33. The van der Waals surface area contributed by atoms with Crippen LogP contribution in [-0.4, -0.2) is 36.5 Å². The molecule has 0 radical (unpaired) electrons. The monoisotopic (exact) mass is 448 g/mol. The molecule has 1 aliphatic heterocycles. The zero-order valence-corrected chi connectivity index (χ0v) is 20.5. The van der Waals surface area contributed by atoms with Crippen LogP contribution in [0, 0.1) is 13.8 Å². The van der Waals surface area contributed by atoms with Gasteiger partial charge in [-0.2, -0.15) is 0 Å². The number of nitrogens with one attached hydrogen (secondary N) is 1. The average Bonchev–Trinajstić information content (AvgIpc) is 3.00. The van der Waals surface area contributed by atoms with Crippen LogP contribution in [0.25, 0.3) is 5.57 Å². The number of unbranched alkanes of at least 4 members (excludes halogenated alkanes) is 1. The van der Waals surface area contributed by atoms with E-state index in [1.54, 1.807) is 0 Å². The number of amides is 2.